The maximum Gasteiger partial charge on any atom is 0.117 e. The van der Waals surface area contributed by atoms with Crippen LogP contribution in [0.15, 0.2) is 30.3 Å². The largest absolute Gasteiger partial charge is 0.308 e. The molecule has 2 N–H and O–H groups in total. The SMILES string of the molecule is CCC1CC1NCc1n[nH]nc1-c1ccccc1. The van der Waals surface area contributed by atoms with Crippen LogP contribution >= 0.6 is 0 Å². The number of H-pyrrole nitrogens is 1. The smallest absolute Gasteiger partial charge is 0.117 e. The van der Waals surface area contributed by atoms with Crippen LogP contribution in [0, 0.1) is 5.92 Å². The molecule has 1 aliphatic carbocycles. The van der Waals surface area contributed by atoms with E-state index >= 15 is 0 Å². The predicted molar refractivity (Wildman–Crippen MR) is 70.8 cm³/mol. The van der Waals surface area contributed by atoms with Crippen LogP contribution in [0.25, 0.3) is 11.3 Å². The Morgan fingerprint density at radius 2 is 2.11 bits per heavy atom. The van der Waals surface area contributed by atoms with Gasteiger partial charge in [0, 0.05) is 18.2 Å². The van der Waals surface area contributed by atoms with Gasteiger partial charge in [-0.2, -0.15) is 15.4 Å². The molecule has 1 saturated carbocycles. The molecular weight excluding hydrogens is 224 g/mol. The Kier molecular flexibility index (Phi) is 3.11. The van der Waals surface area contributed by atoms with Crippen LogP contribution in [0.2, 0.25) is 0 Å². The molecule has 4 heteroatoms. The zero-order valence-corrected chi connectivity index (χ0v) is 10.6. The maximum absolute atomic E-state index is 4.25. The highest BCUT2D eigenvalue weighted by molar-refractivity contribution is 5.60. The van der Waals surface area contributed by atoms with Gasteiger partial charge in [-0.3, -0.25) is 0 Å². The van der Waals surface area contributed by atoms with E-state index in [1.807, 2.05) is 18.2 Å². The van der Waals surface area contributed by atoms with Crippen molar-refractivity contribution in [1.29, 1.82) is 0 Å². The summed E-state index contributed by atoms with van der Waals surface area (Å²) in [6, 6.07) is 10.9. The zero-order valence-electron chi connectivity index (χ0n) is 10.6. The Morgan fingerprint density at radius 3 is 2.83 bits per heavy atom. The third-order valence-electron chi connectivity index (χ3n) is 3.65. The molecule has 2 atom stereocenters. The molecule has 2 aromatic rings. The highest BCUT2D eigenvalue weighted by Gasteiger charge is 2.34. The lowest BCUT2D eigenvalue weighted by molar-refractivity contribution is 0.615. The summed E-state index contributed by atoms with van der Waals surface area (Å²) < 4.78 is 0. The number of hydrogen-bond donors (Lipinski definition) is 2. The van der Waals surface area contributed by atoms with Gasteiger partial charge >= 0.3 is 0 Å². The van der Waals surface area contributed by atoms with Crippen molar-refractivity contribution in [2.24, 2.45) is 5.92 Å². The van der Waals surface area contributed by atoms with Gasteiger partial charge in [0.05, 0.1) is 0 Å². The van der Waals surface area contributed by atoms with Crippen LogP contribution in [-0.2, 0) is 6.54 Å². The lowest BCUT2D eigenvalue weighted by Gasteiger charge is -2.03. The monoisotopic (exact) mass is 242 g/mol. The van der Waals surface area contributed by atoms with E-state index < -0.39 is 0 Å². The van der Waals surface area contributed by atoms with Gasteiger partial charge in [-0.25, -0.2) is 0 Å². The summed E-state index contributed by atoms with van der Waals surface area (Å²) in [5.74, 6) is 0.858. The summed E-state index contributed by atoms with van der Waals surface area (Å²) in [6.07, 6.45) is 2.57. The van der Waals surface area contributed by atoms with Gasteiger partial charge < -0.3 is 5.32 Å². The van der Waals surface area contributed by atoms with Crippen LogP contribution in [0.3, 0.4) is 0 Å². The number of aromatic amines is 1. The minimum Gasteiger partial charge on any atom is -0.308 e. The maximum atomic E-state index is 4.25. The number of rotatable bonds is 5. The fourth-order valence-electron chi connectivity index (χ4n) is 2.38. The fraction of sp³-hybridized carbons (Fsp3) is 0.429. The molecule has 18 heavy (non-hydrogen) atoms. The van der Waals surface area contributed by atoms with Gasteiger partial charge in [0.15, 0.2) is 0 Å². The first-order valence-corrected chi connectivity index (χ1v) is 6.57. The average Bonchev–Trinajstić information content (AvgIpc) is 3.04. The molecule has 1 fully saturated rings. The van der Waals surface area contributed by atoms with Crippen LogP contribution in [-0.4, -0.2) is 21.5 Å². The molecule has 0 bridgehead atoms. The summed E-state index contributed by atoms with van der Waals surface area (Å²) >= 11 is 0. The Hall–Kier alpha value is -1.68. The Labute approximate surface area is 107 Å². The second-order valence-corrected chi connectivity index (χ2v) is 4.88. The van der Waals surface area contributed by atoms with Crippen LogP contribution in [0.1, 0.15) is 25.5 Å². The third kappa shape index (κ3) is 2.29. The first-order valence-electron chi connectivity index (χ1n) is 6.57. The Balaban J connectivity index is 1.68. The summed E-state index contributed by atoms with van der Waals surface area (Å²) in [5.41, 5.74) is 3.07. The standard InChI is InChI=1S/C14H18N4/c1-2-10-8-12(10)15-9-13-14(17-18-16-13)11-6-4-3-5-7-11/h3-7,10,12,15H,2,8-9H2,1H3,(H,16,17,18). The molecule has 1 heterocycles. The fourth-order valence-corrected chi connectivity index (χ4v) is 2.38. The molecule has 0 spiro atoms. The molecule has 0 saturated heterocycles. The van der Waals surface area contributed by atoms with Crippen molar-refractivity contribution < 1.29 is 0 Å². The molecule has 94 valence electrons. The van der Waals surface area contributed by atoms with Crippen molar-refractivity contribution in [2.45, 2.75) is 32.4 Å². The molecule has 0 amide bonds. The number of nitrogens with one attached hydrogen (secondary N) is 2. The number of aromatic nitrogens is 3. The molecule has 3 rings (SSSR count). The molecular formula is C14H18N4. The second kappa shape index (κ2) is 4.90. The molecule has 1 aromatic heterocycles. The lowest BCUT2D eigenvalue weighted by atomic mass is 10.1. The summed E-state index contributed by atoms with van der Waals surface area (Å²) in [5, 5.41) is 14.8. The van der Waals surface area contributed by atoms with Gasteiger partial charge in [-0.05, 0) is 12.3 Å². The van der Waals surface area contributed by atoms with Gasteiger partial charge in [-0.1, -0.05) is 43.7 Å². The van der Waals surface area contributed by atoms with Gasteiger partial charge in [-0.15, -0.1) is 0 Å². The van der Waals surface area contributed by atoms with Crippen molar-refractivity contribution in [3.05, 3.63) is 36.0 Å². The number of benzene rings is 1. The second-order valence-electron chi connectivity index (χ2n) is 4.88. The average molecular weight is 242 g/mol. The van der Waals surface area contributed by atoms with E-state index in [-0.39, 0.29) is 0 Å². The van der Waals surface area contributed by atoms with Crippen LogP contribution in [0.5, 0.6) is 0 Å². The molecule has 1 aliphatic rings. The Bertz CT molecular complexity index is 506. The van der Waals surface area contributed by atoms with E-state index in [9.17, 15) is 0 Å². The normalized spacial score (nSPS) is 22.1. The Morgan fingerprint density at radius 1 is 1.28 bits per heavy atom. The predicted octanol–water partition coefficient (Wildman–Crippen LogP) is 2.36. The first-order chi connectivity index (χ1) is 8.88. The van der Waals surface area contributed by atoms with Crippen molar-refractivity contribution in [1.82, 2.24) is 20.7 Å². The highest BCUT2D eigenvalue weighted by Crippen LogP contribution is 2.33. The van der Waals surface area contributed by atoms with Crippen molar-refractivity contribution in [3.8, 4) is 11.3 Å². The number of nitrogens with zero attached hydrogens (tertiary/aromatic N) is 2. The van der Waals surface area contributed by atoms with Crippen molar-refractivity contribution >= 4 is 0 Å². The molecule has 0 radical (unpaired) electrons. The quantitative estimate of drug-likeness (QED) is 0.846. The molecule has 0 aliphatic heterocycles. The van der Waals surface area contributed by atoms with E-state index in [0.29, 0.717) is 6.04 Å². The number of hydrogen-bond acceptors (Lipinski definition) is 3. The van der Waals surface area contributed by atoms with Crippen molar-refractivity contribution in [3.63, 3.8) is 0 Å². The minimum atomic E-state index is 0.676. The molecule has 1 aromatic carbocycles. The van der Waals surface area contributed by atoms with Crippen LogP contribution in [0.4, 0.5) is 0 Å². The summed E-state index contributed by atoms with van der Waals surface area (Å²) in [7, 11) is 0. The summed E-state index contributed by atoms with van der Waals surface area (Å²) in [6.45, 7) is 3.04. The van der Waals surface area contributed by atoms with Crippen LogP contribution < -0.4 is 5.32 Å². The molecule has 2 unspecified atom stereocenters. The van der Waals surface area contributed by atoms with E-state index in [2.05, 4.69) is 39.8 Å². The van der Waals surface area contributed by atoms with Gasteiger partial charge in [0.1, 0.15) is 11.4 Å². The summed E-state index contributed by atoms with van der Waals surface area (Å²) in [4.78, 5) is 0. The lowest BCUT2D eigenvalue weighted by Crippen LogP contribution is -2.18. The van der Waals surface area contributed by atoms with Gasteiger partial charge in [0.25, 0.3) is 0 Å². The van der Waals surface area contributed by atoms with Crippen molar-refractivity contribution in [2.75, 3.05) is 0 Å². The van der Waals surface area contributed by atoms with E-state index in [1.165, 1.54) is 12.8 Å². The van der Waals surface area contributed by atoms with E-state index in [0.717, 1.165) is 29.4 Å². The van der Waals surface area contributed by atoms with Gasteiger partial charge in [0.2, 0.25) is 0 Å². The third-order valence-corrected chi connectivity index (χ3v) is 3.65. The minimum absolute atomic E-state index is 0.676. The van der Waals surface area contributed by atoms with E-state index in [1.54, 1.807) is 0 Å². The highest BCUT2D eigenvalue weighted by atomic mass is 15.3. The topological polar surface area (TPSA) is 53.6 Å². The van der Waals surface area contributed by atoms with E-state index in [4.69, 9.17) is 0 Å². The zero-order chi connectivity index (χ0) is 12.4. The molecule has 4 nitrogen and oxygen atoms in total. The first kappa shape index (κ1) is 11.4.